The van der Waals surface area contributed by atoms with E-state index in [1.165, 1.54) is 44.6 Å². The lowest BCUT2D eigenvalue weighted by Crippen LogP contribution is -2.55. The minimum Gasteiger partial charge on any atom is -0.349 e. The Balaban J connectivity index is 1.50. The molecule has 4 fully saturated rings. The van der Waals surface area contributed by atoms with Crippen LogP contribution in [-0.4, -0.2) is 11.9 Å². The second-order valence-corrected chi connectivity index (χ2v) is 8.10. The molecule has 0 aromatic heterocycles. The zero-order valence-electron chi connectivity index (χ0n) is 13.4. The Kier molecular flexibility index (Phi) is 3.47. The Bertz CT molecular complexity index is 607. The first-order valence-corrected chi connectivity index (χ1v) is 8.71. The number of halogens is 2. The van der Waals surface area contributed by atoms with Crippen LogP contribution in [0, 0.1) is 34.8 Å². The number of hydrogen-bond acceptors (Lipinski definition) is 1. The molecule has 5 rings (SSSR count). The SMILES string of the molecule is C[C@@H](NC(=O)c1ccc(F)c(F)c1)C12CC3CC(CC(C3)C1)C2. The third kappa shape index (κ3) is 2.56. The van der Waals surface area contributed by atoms with Gasteiger partial charge in [0, 0.05) is 11.6 Å². The lowest BCUT2D eigenvalue weighted by molar-refractivity contribution is -0.0688. The summed E-state index contributed by atoms with van der Waals surface area (Å²) in [6, 6.07) is 3.42. The molecule has 4 heteroatoms. The van der Waals surface area contributed by atoms with Gasteiger partial charge in [0.1, 0.15) is 0 Å². The second kappa shape index (κ2) is 5.29. The van der Waals surface area contributed by atoms with E-state index in [1.54, 1.807) is 0 Å². The molecule has 0 saturated heterocycles. The van der Waals surface area contributed by atoms with Gasteiger partial charge in [0.25, 0.3) is 5.91 Å². The summed E-state index contributed by atoms with van der Waals surface area (Å²) in [6.07, 6.45) is 7.71. The standard InChI is InChI=1S/C19H23F2NO/c1-11(22-18(23)15-2-3-16(20)17(21)7-15)19-8-12-4-13(9-19)6-14(5-12)10-19/h2-3,7,11-14H,4-6,8-10H2,1H3,(H,22,23)/t11-,12?,13?,14?,19?/m1/s1. The quantitative estimate of drug-likeness (QED) is 0.884. The van der Waals surface area contributed by atoms with Crippen LogP contribution in [0.4, 0.5) is 8.78 Å². The van der Waals surface area contributed by atoms with Crippen molar-refractivity contribution in [3.8, 4) is 0 Å². The summed E-state index contributed by atoms with van der Waals surface area (Å²) in [7, 11) is 0. The van der Waals surface area contributed by atoms with E-state index in [0.29, 0.717) is 0 Å². The zero-order valence-corrected chi connectivity index (χ0v) is 13.4. The van der Waals surface area contributed by atoms with E-state index in [4.69, 9.17) is 0 Å². The lowest BCUT2D eigenvalue weighted by Gasteiger charge is -2.59. The molecule has 0 unspecified atom stereocenters. The van der Waals surface area contributed by atoms with E-state index in [2.05, 4.69) is 12.2 Å². The molecule has 1 N–H and O–H groups in total. The van der Waals surface area contributed by atoms with Crippen molar-refractivity contribution in [1.29, 1.82) is 0 Å². The first-order chi connectivity index (χ1) is 10.9. The fraction of sp³-hybridized carbons (Fsp3) is 0.632. The van der Waals surface area contributed by atoms with Crippen LogP contribution in [0.25, 0.3) is 0 Å². The van der Waals surface area contributed by atoms with E-state index in [0.717, 1.165) is 29.9 Å². The molecular formula is C19H23F2NO. The van der Waals surface area contributed by atoms with Crippen LogP contribution in [0.1, 0.15) is 55.8 Å². The summed E-state index contributed by atoms with van der Waals surface area (Å²) < 4.78 is 26.4. The van der Waals surface area contributed by atoms with Gasteiger partial charge in [-0.15, -0.1) is 0 Å². The molecule has 1 amide bonds. The molecule has 4 bridgehead atoms. The average Bonchev–Trinajstić information content (AvgIpc) is 2.48. The van der Waals surface area contributed by atoms with Gasteiger partial charge in [-0.05, 0) is 86.8 Å². The van der Waals surface area contributed by atoms with Crippen molar-refractivity contribution in [2.45, 2.75) is 51.5 Å². The fourth-order valence-corrected chi connectivity index (χ4v) is 5.78. The maximum absolute atomic E-state index is 13.3. The molecule has 1 aromatic carbocycles. The van der Waals surface area contributed by atoms with Gasteiger partial charge >= 0.3 is 0 Å². The van der Waals surface area contributed by atoms with E-state index >= 15 is 0 Å². The summed E-state index contributed by atoms with van der Waals surface area (Å²) in [5.41, 5.74) is 0.406. The van der Waals surface area contributed by atoms with Gasteiger partial charge in [-0.1, -0.05) is 0 Å². The molecule has 4 aliphatic rings. The van der Waals surface area contributed by atoms with Crippen molar-refractivity contribution in [3.63, 3.8) is 0 Å². The van der Waals surface area contributed by atoms with Crippen molar-refractivity contribution in [2.75, 3.05) is 0 Å². The Morgan fingerprint density at radius 1 is 1.09 bits per heavy atom. The summed E-state index contributed by atoms with van der Waals surface area (Å²) in [5, 5.41) is 3.07. The minimum atomic E-state index is -0.972. The molecule has 0 radical (unpaired) electrons. The normalized spacial score (nSPS) is 36.0. The van der Waals surface area contributed by atoms with Gasteiger partial charge in [-0.3, -0.25) is 4.79 Å². The molecule has 23 heavy (non-hydrogen) atoms. The predicted molar refractivity (Wildman–Crippen MR) is 83.9 cm³/mol. The highest BCUT2D eigenvalue weighted by Gasteiger charge is 2.53. The lowest BCUT2D eigenvalue weighted by atomic mass is 9.48. The highest BCUT2D eigenvalue weighted by molar-refractivity contribution is 5.94. The number of amides is 1. The Hall–Kier alpha value is -1.45. The summed E-state index contributed by atoms with van der Waals surface area (Å²) in [6.45, 7) is 2.09. The van der Waals surface area contributed by atoms with Crippen LogP contribution < -0.4 is 5.32 Å². The monoisotopic (exact) mass is 319 g/mol. The Morgan fingerprint density at radius 2 is 1.65 bits per heavy atom. The number of hydrogen-bond donors (Lipinski definition) is 1. The van der Waals surface area contributed by atoms with Crippen LogP contribution in [0.3, 0.4) is 0 Å². The number of nitrogens with one attached hydrogen (secondary N) is 1. The first kappa shape index (κ1) is 15.1. The van der Waals surface area contributed by atoms with Crippen molar-refractivity contribution < 1.29 is 13.6 Å². The molecule has 0 aliphatic heterocycles. The minimum absolute atomic E-state index is 0.0801. The van der Waals surface area contributed by atoms with Crippen molar-refractivity contribution in [2.24, 2.45) is 23.2 Å². The van der Waals surface area contributed by atoms with Crippen molar-refractivity contribution >= 4 is 5.91 Å². The third-order valence-electron chi connectivity index (χ3n) is 6.53. The van der Waals surface area contributed by atoms with Gasteiger partial charge < -0.3 is 5.32 Å². The van der Waals surface area contributed by atoms with Crippen LogP contribution >= 0.6 is 0 Å². The van der Waals surface area contributed by atoms with E-state index in [-0.39, 0.29) is 22.9 Å². The summed E-state index contributed by atoms with van der Waals surface area (Å²) in [4.78, 5) is 12.4. The molecule has 124 valence electrons. The predicted octanol–water partition coefficient (Wildman–Crippen LogP) is 4.30. The molecule has 1 aromatic rings. The first-order valence-electron chi connectivity index (χ1n) is 8.71. The van der Waals surface area contributed by atoms with E-state index in [9.17, 15) is 13.6 Å². The van der Waals surface area contributed by atoms with Gasteiger partial charge in [-0.2, -0.15) is 0 Å². The molecule has 4 saturated carbocycles. The van der Waals surface area contributed by atoms with Crippen molar-refractivity contribution in [1.82, 2.24) is 5.32 Å². The molecule has 0 heterocycles. The fourth-order valence-electron chi connectivity index (χ4n) is 5.78. The highest BCUT2D eigenvalue weighted by atomic mass is 19.2. The van der Waals surface area contributed by atoms with E-state index in [1.807, 2.05) is 0 Å². The Morgan fingerprint density at radius 3 is 2.17 bits per heavy atom. The molecule has 1 atom stereocenters. The maximum atomic E-state index is 13.3. The van der Waals surface area contributed by atoms with E-state index < -0.39 is 11.6 Å². The highest BCUT2D eigenvalue weighted by Crippen LogP contribution is 2.61. The van der Waals surface area contributed by atoms with Crippen molar-refractivity contribution in [3.05, 3.63) is 35.4 Å². The smallest absolute Gasteiger partial charge is 0.251 e. The average molecular weight is 319 g/mol. The zero-order chi connectivity index (χ0) is 16.2. The second-order valence-electron chi connectivity index (χ2n) is 8.10. The molecule has 0 spiro atoms. The molecule has 2 nitrogen and oxygen atoms in total. The number of benzene rings is 1. The van der Waals surface area contributed by atoms with Crippen LogP contribution in [0.2, 0.25) is 0 Å². The van der Waals surface area contributed by atoms with Crippen LogP contribution in [0.15, 0.2) is 18.2 Å². The third-order valence-corrected chi connectivity index (χ3v) is 6.53. The van der Waals surface area contributed by atoms with Gasteiger partial charge in [0.15, 0.2) is 11.6 Å². The summed E-state index contributed by atoms with van der Waals surface area (Å²) >= 11 is 0. The number of rotatable bonds is 3. The largest absolute Gasteiger partial charge is 0.349 e. The van der Waals surface area contributed by atoms with Gasteiger partial charge in [-0.25, -0.2) is 8.78 Å². The molecular weight excluding hydrogens is 296 g/mol. The van der Waals surface area contributed by atoms with Crippen LogP contribution in [0.5, 0.6) is 0 Å². The number of carbonyl (C=O) groups excluding carboxylic acids is 1. The topological polar surface area (TPSA) is 29.1 Å². The maximum Gasteiger partial charge on any atom is 0.251 e. The summed E-state index contributed by atoms with van der Waals surface area (Å²) in [5.74, 6) is 0.277. The van der Waals surface area contributed by atoms with Gasteiger partial charge in [0.05, 0.1) is 0 Å². The van der Waals surface area contributed by atoms with Gasteiger partial charge in [0.2, 0.25) is 0 Å². The Labute approximate surface area is 135 Å². The van der Waals surface area contributed by atoms with Crippen LogP contribution in [-0.2, 0) is 0 Å². The number of carbonyl (C=O) groups is 1. The molecule has 4 aliphatic carbocycles.